The molecule has 1 atom stereocenters. The molecule has 0 N–H and O–H groups in total. The van der Waals surface area contributed by atoms with Crippen molar-refractivity contribution < 1.29 is 13.2 Å². The molecule has 1 unspecified atom stereocenters. The van der Waals surface area contributed by atoms with E-state index >= 15 is 0 Å². The van der Waals surface area contributed by atoms with Crippen LogP contribution < -0.4 is 0 Å². The second kappa shape index (κ2) is 7.16. The van der Waals surface area contributed by atoms with Gasteiger partial charge < -0.3 is 0 Å². The summed E-state index contributed by atoms with van der Waals surface area (Å²) in [5.41, 5.74) is 2.34. The van der Waals surface area contributed by atoms with E-state index in [2.05, 4.69) is 5.10 Å². The molecule has 0 aromatic carbocycles. The van der Waals surface area contributed by atoms with Crippen LogP contribution in [-0.4, -0.2) is 16.0 Å². The number of aryl methyl sites for hydroxylation is 2. The van der Waals surface area contributed by atoms with Crippen LogP contribution in [0.3, 0.4) is 0 Å². The summed E-state index contributed by atoms with van der Waals surface area (Å²) in [5.74, 6) is -1.41. The predicted molar refractivity (Wildman–Crippen MR) is 82.4 cm³/mol. The van der Waals surface area contributed by atoms with Crippen LogP contribution in [0.2, 0.25) is 0 Å². The Morgan fingerprint density at radius 2 is 2.18 bits per heavy atom. The predicted octanol–water partition coefficient (Wildman–Crippen LogP) is 5.16. The quantitative estimate of drug-likeness (QED) is 0.687. The largest absolute Gasteiger partial charge is 0.395 e. The van der Waals surface area contributed by atoms with E-state index in [0.29, 0.717) is 17.7 Å². The molecule has 22 heavy (non-hydrogen) atoms. The fourth-order valence-corrected chi connectivity index (χ4v) is 2.83. The fourth-order valence-electron chi connectivity index (χ4n) is 2.83. The number of rotatable bonds is 5. The van der Waals surface area contributed by atoms with Gasteiger partial charge in [-0.15, -0.1) is 0 Å². The number of halogens is 3. The lowest BCUT2D eigenvalue weighted by Crippen LogP contribution is -2.21. The van der Waals surface area contributed by atoms with E-state index in [-0.39, 0.29) is 6.42 Å². The number of allylic oxidation sites excluding steroid dienone is 4. The molecule has 0 amide bonds. The zero-order valence-corrected chi connectivity index (χ0v) is 13.2. The van der Waals surface area contributed by atoms with Gasteiger partial charge in [0, 0.05) is 12.2 Å². The number of aromatic nitrogens is 2. The second-order valence-corrected chi connectivity index (χ2v) is 5.76. The molecule has 1 aromatic rings. The van der Waals surface area contributed by atoms with Crippen molar-refractivity contribution in [2.75, 3.05) is 0 Å². The zero-order valence-electron chi connectivity index (χ0n) is 13.2. The van der Waals surface area contributed by atoms with Crippen molar-refractivity contribution >= 4 is 5.57 Å². The molecule has 0 radical (unpaired) electrons. The van der Waals surface area contributed by atoms with Crippen LogP contribution in [0, 0.1) is 5.92 Å². The lowest BCUT2D eigenvalue weighted by atomic mass is 9.98. The van der Waals surface area contributed by atoms with Crippen molar-refractivity contribution in [3.63, 3.8) is 0 Å². The third-order valence-electron chi connectivity index (χ3n) is 3.96. The van der Waals surface area contributed by atoms with Gasteiger partial charge >= 0.3 is 6.18 Å². The Bertz CT molecular complexity index is 529. The molecule has 122 valence electrons. The molecular formula is C17H23F3N2. The molecule has 0 aliphatic carbocycles. The van der Waals surface area contributed by atoms with E-state index in [1.54, 1.807) is 19.1 Å². The van der Waals surface area contributed by atoms with Crippen LogP contribution in [0.5, 0.6) is 0 Å². The van der Waals surface area contributed by atoms with Crippen molar-refractivity contribution in [3.8, 4) is 0 Å². The molecule has 2 rings (SSSR count). The third-order valence-corrected chi connectivity index (χ3v) is 3.96. The molecule has 0 saturated carbocycles. The Kier molecular flexibility index (Phi) is 5.48. The zero-order chi connectivity index (χ0) is 16.2. The number of alkyl halides is 3. The van der Waals surface area contributed by atoms with E-state index in [1.807, 2.05) is 17.7 Å². The van der Waals surface area contributed by atoms with Gasteiger partial charge in [0.25, 0.3) is 0 Å². The van der Waals surface area contributed by atoms with Gasteiger partial charge in [0.05, 0.1) is 11.6 Å². The Balaban J connectivity index is 2.36. The molecule has 1 aliphatic heterocycles. The van der Waals surface area contributed by atoms with Crippen LogP contribution in [-0.2, 0) is 13.0 Å². The lowest BCUT2D eigenvalue weighted by Gasteiger charge is -2.17. The molecule has 5 heteroatoms. The van der Waals surface area contributed by atoms with E-state index in [9.17, 15) is 13.2 Å². The Hall–Kier alpha value is -1.52. The summed E-state index contributed by atoms with van der Waals surface area (Å²) in [5, 5.41) is 4.49. The van der Waals surface area contributed by atoms with Gasteiger partial charge in [0.1, 0.15) is 0 Å². The summed E-state index contributed by atoms with van der Waals surface area (Å²) in [6, 6.07) is 1.93. The van der Waals surface area contributed by atoms with Crippen molar-refractivity contribution in [2.45, 2.75) is 58.7 Å². The first-order chi connectivity index (χ1) is 10.5. The van der Waals surface area contributed by atoms with Crippen molar-refractivity contribution in [2.24, 2.45) is 5.92 Å². The van der Waals surface area contributed by atoms with Crippen LogP contribution in [0.25, 0.3) is 5.57 Å². The van der Waals surface area contributed by atoms with Gasteiger partial charge in [-0.3, -0.25) is 4.68 Å². The topological polar surface area (TPSA) is 17.8 Å². The van der Waals surface area contributed by atoms with Crippen LogP contribution in [0.15, 0.2) is 24.3 Å². The summed E-state index contributed by atoms with van der Waals surface area (Å²) in [6.07, 6.45) is 4.38. The average Bonchev–Trinajstić information content (AvgIpc) is 2.88. The summed E-state index contributed by atoms with van der Waals surface area (Å²) in [6.45, 7) is 4.44. The van der Waals surface area contributed by atoms with E-state index in [1.165, 1.54) is 6.08 Å². The van der Waals surface area contributed by atoms with Gasteiger partial charge in [-0.25, -0.2) is 0 Å². The van der Waals surface area contributed by atoms with Gasteiger partial charge in [-0.2, -0.15) is 18.3 Å². The maximum atomic E-state index is 13.2. The first kappa shape index (κ1) is 16.8. The van der Waals surface area contributed by atoms with Gasteiger partial charge in [0.15, 0.2) is 0 Å². The van der Waals surface area contributed by atoms with Crippen molar-refractivity contribution in [3.05, 3.63) is 35.7 Å². The third kappa shape index (κ3) is 4.02. The van der Waals surface area contributed by atoms with Gasteiger partial charge in [-0.05, 0) is 44.2 Å². The van der Waals surface area contributed by atoms with Crippen LogP contribution >= 0.6 is 0 Å². The van der Waals surface area contributed by atoms with Crippen LogP contribution in [0.4, 0.5) is 13.2 Å². The monoisotopic (exact) mass is 312 g/mol. The lowest BCUT2D eigenvalue weighted by molar-refractivity contribution is -0.162. The summed E-state index contributed by atoms with van der Waals surface area (Å²) in [4.78, 5) is 0. The second-order valence-electron chi connectivity index (χ2n) is 5.76. The van der Waals surface area contributed by atoms with E-state index in [0.717, 1.165) is 31.5 Å². The maximum Gasteiger partial charge on any atom is 0.395 e. The number of hydrogen-bond donors (Lipinski definition) is 0. The SMILES string of the molecule is C/C=C\C(=C/C(CCC)C(F)(F)F)c1cc2n(n1)CCCC2. The minimum atomic E-state index is -4.21. The first-order valence-electron chi connectivity index (χ1n) is 7.94. The molecule has 0 fully saturated rings. The van der Waals surface area contributed by atoms with E-state index < -0.39 is 12.1 Å². The molecule has 0 bridgehead atoms. The fraction of sp³-hybridized carbons (Fsp3) is 0.588. The summed E-state index contributed by atoms with van der Waals surface area (Å²) < 4.78 is 41.4. The number of hydrogen-bond acceptors (Lipinski definition) is 1. The molecule has 2 heterocycles. The average molecular weight is 312 g/mol. The Morgan fingerprint density at radius 3 is 2.77 bits per heavy atom. The minimum absolute atomic E-state index is 0.109. The smallest absolute Gasteiger partial charge is 0.269 e. The highest BCUT2D eigenvalue weighted by Crippen LogP contribution is 2.33. The molecule has 1 aromatic heterocycles. The minimum Gasteiger partial charge on any atom is -0.269 e. The normalized spacial score (nSPS) is 17.8. The van der Waals surface area contributed by atoms with Crippen molar-refractivity contribution in [1.82, 2.24) is 9.78 Å². The molecule has 0 saturated heterocycles. The Morgan fingerprint density at radius 1 is 1.41 bits per heavy atom. The highest BCUT2D eigenvalue weighted by atomic mass is 19.4. The number of fused-ring (bicyclic) bond motifs is 1. The maximum absolute atomic E-state index is 13.2. The first-order valence-corrected chi connectivity index (χ1v) is 7.94. The van der Waals surface area contributed by atoms with Gasteiger partial charge in [0.2, 0.25) is 0 Å². The standard InChI is InChI=1S/C17H23F3N2/c1-3-7-13(11-14(8-4-2)17(18,19)20)16-12-15-9-5-6-10-22(15)21-16/h3,7,11-12,14H,4-6,8-10H2,1-2H3/b7-3-,13-11+. The van der Waals surface area contributed by atoms with Crippen molar-refractivity contribution in [1.29, 1.82) is 0 Å². The summed E-state index contributed by atoms with van der Waals surface area (Å²) >= 11 is 0. The van der Waals surface area contributed by atoms with E-state index in [4.69, 9.17) is 0 Å². The highest BCUT2D eigenvalue weighted by Gasteiger charge is 2.37. The highest BCUT2D eigenvalue weighted by molar-refractivity contribution is 5.72. The molecule has 0 spiro atoms. The summed E-state index contributed by atoms with van der Waals surface area (Å²) in [7, 11) is 0. The molecular weight excluding hydrogens is 289 g/mol. The molecule has 1 aliphatic rings. The van der Waals surface area contributed by atoms with Crippen LogP contribution in [0.1, 0.15) is 50.9 Å². The van der Waals surface area contributed by atoms with Gasteiger partial charge in [-0.1, -0.05) is 31.6 Å². The Labute approximate surface area is 129 Å². The molecule has 2 nitrogen and oxygen atoms in total. The number of nitrogens with zero attached hydrogens (tertiary/aromatic N) is 2.